The molecule has 0 spiro atoms. The first-order valence-electron chi connectivity index (χ1n) is 10.0. The van der Waals surface area contributed by atoms with Crippen LogP contribution in [0.5, 0.6) is 0 Å². The summed E-state index contributed by atoms with van der Waals surface area (Å²) < 4.78 is 38.0. The lowest BCUT2D eigenvalue weighted by atomic mass is 9.95. The van der Waals surface area contributed by atoms with E-state index < -0.39 is 11.7 Å². The van der Waals surface area contributed by atoms with E-state index >= 15 is 0 Å². The highest BCUT2D eigenvalue weighted by Gasteiger charge is 2.34. The molecule has 6 nitrogen and oxygen atoms in total. The van der Waals surface area contributed by atoms with Crippen LogP contribution in [0.1, 0.15) is 32.3 Å². The van der Waals surface area contributed by atoms with E-state index in [0.717, 1.165) is 25.1 Å². The summed E-state index contributed by atoms with van der Waals surface area (Å²) in [5, 5.41) is 0. The lowest BCUT2D eigenvalue weighted by Gasteiger charge is -2.39. The number of likely N-dealkylation sites (tertiary alicyclic amines) is 1. The number of alkyl halides is 3. The zero-order chi connectivity index (χ0) is 21.2. The van der Waals surface area contributed by atoms with Crippen LogP contribution in [-0.4, -0.2) is 65.9 Å². The van der Waals surface area contributed by atoms with Crippen molar-refractivity contribution >= 4 is 17.6 Å². The second-order valence-corrected chi connectivity index (χ2v) is 7.99. The molecule has 2 fully saturated rings. The molecule has 0 aliphatic carbocycles. The van der Waals surface area contributed by atoms with Crippen molar-refractivity contribution in [1.82, 2.24) is 14.8 Å². The number of piperazine rings is 1. The summed E-state index contributed by atoms with van der Waals surface area (Å²) in [4.78, 5) is 34.6. The molecule has 2 saturated heterocycles. The second kappa shape index (κ2) is 8.59. The maximum atomic E-state index is 12.9. The van der Waals surface area contributed by atoms with Crippen molar-refractivity contribution in [1.29, 1.82) is 0 Å². The SMILES string of the molecule is CC(C)C(=O)N1CCCC(C(=O)N2CCN(c3ccc(C(F)(F)F)cn3)CC2)C1. The fourth-order valence-electron chi connectivity index (χ4n) is 3.90. The molecule has 0 N–H and O–H groups in total. The smallest absolute Gasteiger partial charge is 0.353 e. The van der Waals surface area contributed by atoms with Gasteiger partial charge in [-0.25, -0.2) is 4.98 Å². The topological polar surface area (TPSA) is 56.8 Å². The Hall–Kier alpha value is -2.32. The number of rotatable bonds is 3. The lowest BCUT2D eigenvalue weighted by Crippen LogP contribution is -2.53. The van der Waals surface area contributed by atoms with Crippen molar-refractivity contribution in [2.75, 3.05) is 44.2 Å². The molecule has 1 aromatic rings. The van der Waals surface area contributed by atoms with Gasteiger partial charge in [-0.2, -0.15) is 13.2 Å². The third-order valence-electron chi connectivity index (χ3n) is 5.57. The van der Waals surface area contributed by atoms with Gasteiger partial charge in [-0.15, -0.1) is 0 Å². The molecule has 160 valence electrons. The Morgan fingerprint density at radius 1 is 1.07 bits per heavy atom. The van der Waals surface area contributed by atoms with Gasteiger partial charge in [0.25, 0.3) is 0 Å². The third-order valence-corrected chi connectivity index (χ3v) is 5.57. The second-order valence-electron chi connectivity index (χ2n) is 7.99. The number of nitrogens with zero attached hydrogens (tertiary/aromatic N) is 4. The normalized spacial score (nSPS) is 20.9. The highest BCUT2D eigenvalue weighted by Crippen LogP contribution is 2.29. The van der Waals surface area contributed by atoms with Gasteiger partial charge in [0.2, 0.25) is 11.8 Å². The minimum absolute atomic E-state index is 0.0614. The fraction of sp³-hybridized carbons (Fsp3) is 0.650. The van der Waals surface area contributed by atoms with Crippen molar-refractivity contribution < 1.29 is 22.8 Å². The van der Waals surface area contributed by atoms with Gasteiger partial charge < -0.3 is 14.7 Å². The molecule has 2 aliphatic heterocycles. The molecule has 0 radical (unpaired) electrons. The van der Waals surface area contributed by atoms with E-state index in [2.05, 4.69) is 4.98 Å². The number of pyridine rings is 1. The number of aromatic nitrogens is 1. The Labute approximate surface area is 168 Å². The third kappa shape index (κ3) is 5.00. The maximum absolute atomic E-state index is 12.9. The van der Waals surface area contributed by atoms with Crippen molar-refractivity contribution in [3.63, 3.8) is 0 Å². The van der Waals surface area contributed by atoms with Gasteiger partial charge in [0.1, 0.15) is 5.82 Å². The van der Waals surface area contributed by atoms with Gasteiger partial charge in [-0.1, -0.05) is 13.8 Å². The molecule has 0 aromatic carbocycles. The first-order valence-corrected chi connectivity index (χ1v) is 10.0. The first kappa shape index (κ1) is 21.4. The van der Waals surface area contributed by atoms with Crippen LogP contribution < -0.4 is 4.90 Å². The molecule has 2 aliphatic rings. The predicted molar refractivity (Wildman–Crippen MR) is 102 cm³/mol. The van der Waals surface area contributed by atoms with Crippen LogP contribution >= 0.6 is 0 Å². The summed E-state index contributed by atoms with van der Waals surface area (Å²) in [5.41, 5.74) is -0.770. The number of carbonyl (C=O) groups excluding carboxylic acids is 2. The predicted octanol–water partition coefficient (Wildman–Crippen LogP) is 2.64. The highest BCUT2D eigenvalue weighted by molar-refractivity contribution is 5.82. The minimum Gasteiger partial charge on any atom is -0.353 e. The molecule has 0 saturated carbocycles. The molecule has 0 bridgehead atoms. The number of hydrogen-bond acceptors (Lipinski definition) is 4. The molecular weight excluding hydrogens is 385 g/mol. The summed E-state index contributed by atoms with van der Waals surface area (Å²) in [6, 6.07) is 2.40. The van der Waals surface area contributed by atoms with Gasteiger partial charge in [0.05, 0.1) is 11.5 Å². The number of anilines is 1. The monoisotopic (exact) mass is 412 g/mol. The van der Waals surface area contributed by atoms with E-state index in [-0.39, 0.29) is 23.7 Å². The molecular formula is C20H27F3N4O2. The largest absolute Gasteiger partial charge is 0.417 e. The molecule has 29 heavy (non-hydrogen) atoms. The highest BCUT2D eigenvalue weighted by atomic mass is 19.4. The maximum Gasteiger partial charge on any atom is 0.417 e. The molecule has 2 amide bonds. The Balaban J connectivity index is 1.55. The fourth-order valence-corrected chi connectivity index (χ4v) is 3.90. The van der Waals surface area contributed by atoms with Crippen LogP contribution in [0.15, 0.2) is 18.3 Å². The number of hydrogen-bond donors (Lipinski definition) is 0. The summed E-state index contributed by atoms with van der Waals surface area (Å²) >= 11 is 0. The number of carbonyl (C=O) groups is 2. The Morgan fingerprint density at radius 2 is 1.76 bits per heavy atom. The van der Waals surface area contributed by atoms with Crippen molar-refractivity contribution in [2.24, 2.45) is 11.8 Å². The van der Waals surface area contributed by atoms with Gasteiger partial charge in [0, 0.05) is 51.4 Å². The number of amides is 2. The lowest BCUT2D eigenvalue weighted by molar-refractivity contribution is -0.142. The number of halogens is 3. The first-order chi connectivity index (χ1) is 13.7. The van der Waals surface area contributed by atoms with Crippen LogP contribution in [-0.2, 0) is 15.8 Å². The van der Waals surface area contributed by atoms with Crippen LogP contribution in [0.3, 0.4) is 0 Å². The zero-order valence-electron chi connectivity index (χ0n) is 16.8. The summed E-state index contributed by atoms with van der Waals surface area (Å²) in [7, 11) is 0. The van der Waals surface area contributed by atoms with Crippen LogP contribution in [0.25, 0.3) is 0 Å². The summed E-state index contributed by atoms with van der Waals surface area (Å²) in [5.74, 6) is 0.370. The quantitative estimate of drug-likeness (QED) is 0.766. The Kier molecular flexibility index (Phi) is 6.33. The standard InChI is InChI=1S/C20H27F3N4O2/c1-14(2)18(28)27-7-3-4-15(13-27)19(29)26-10-8-25(9-11-26)17-6-5-16(12-24-17)20(21,22)23/h5-6,12,14-15H,3-4,7-11,13H2,1-2H3. The molecule has 1 unspecified atom stereocenters. The summed E-state index contributed by atoms with van der Waals surface area (Å²) in [6.45, 7) is 6.93. The molecule has 1 atom stereocenters. The summed E-state index contributed by atoms with van der Waals surface area (Å²) in [6.07, 6.45) is -1.96. The van der Waals surface area contributed by atoms with Crippen LogP contribution in [0.4, 0.5) is 19.0 Å². The van der Waals surface area contributed by atoms with Gasteiger partial charge in [0.15, 0.2) is 0 Å². The van der Waals surface area contributed by atoms with E-state index in [0.29, 0.717) is 45.1 Å². The van der Waals surface area contributed by atoms with E-state index in [9.17, 15) is 22.8 Å². The average Bonchev–Trinajstić information content (AvgIpc) is 2.72. The van der Waals surface area contributed by atoms with E-state index in [1.54, 1.807) is 9.80 Å². The average molecular weight is 412 g/mol. The molecule has 3 rings (SSSR count). The van der Waals surface area contributed by atoms with E-state index in [4.69, 9.17) is 0 Å². The Bertz CT molecular complexity index is 728. The van der Waals surface area contributed by atoms with Crippen molar-refractivity contribution in [2.45, 2.75) is 32.9 Å². The van der Waals surface area contributed by atoms with E-state index in [1.165, 1.54) is 6.07 Å². The van der Waals surface area contributed by atoms with Crippen LogP contribution in [0.2, 0.25) is 0 Å². The molecule has 9 heteroatoms. The van der Waals surface area contributed by atoms with Gasteiger partial charge in [-0.05, 0) is 25.0 Å². The Morgan fingerprint density at radius 3 is 2.31 bits per heavy atom. The van der Waals surface area contributed by atoms with Gasteiger partial charge in [-0.3, -0.25) is 9.59 Å². The van der Waals surface area contributed by atoms with Crippen molar-refractivity contribution in [3.05, 3.63) is 23.9 Å². The minimum atomic E-state index is -4.40. The van der Waals surface area contributed by atoms with E-state index in [1.807, 2.05) is 18.7 Å². The van der Waals surface area contributed by atoms with Crippen LogP contribution in [0, 0.1) is 11.8 Å². The number of piperidine rings is 1. The van der Waals surface area contributed by atoms with Crippen molar-refractivity contribution in [3.8, 4) is 0 Å². The molecule has 1 aromatic heterocycles. The molecule has 3 heterocycles. The zero-order valence-corrected chi connectivity index (χ0v) is 16.8. The van der Waals surface area contributed by atoms with Gasteiger partial charge >= 0.3 is 6.18 Å².